The van der Waals surface area contributed by atoms with Crippen molar-refractivity contribution in [3.05, 3.63) is 41.5 Å². The van der Waals surface area contributed by atoms with Crippen molar-refractivity contribution in [2.45, 2.75) is 58.8 Å². The second-order valence-corrected chi connectivity index (χ2v) is 9.01. The average Bonchev–Trinajstić information content (AvgIpc) is 2.50. The topological polar surface area (TPSA) is 53.9 Å². The van der Waals surface area contributed by atoms with E-state index in [4.69, 9.17) is 4.55 Å². The van der Waals surface area contributed by atoms with Crippen LogP contribution < -0.4 is 5.32 Å². The van der Waals surface area contributed by atoms with Crippen LogP contribution in [-0.2, 0) is 16.5 Å². The lowest BCUT2D eigenvalue weighted by atomic mass is 9.56. The van der Waals surface area contributed by atoms with E-state index in [-0.39, 0.29) is 10.8 Å². The zero-order chi connectivity index (χ0) is 17.8. The van der Waals surface area contributed by atoms with Gasteiger partial charge >= 0.3 is 0 Å². The monoisotopic (exact) mass is 350 g/mol. The first-order chi connectivity index (χ1) is 11.3. The number of benzene rings is 1. The number of quaternary nitrogens is 1. The molecule has 2 rings (SSSR count). The van der Waals surface area contributed by atoms with Crippen LogP contribution in [0.25, 0.3) is 0 Å². The summed E-state index contributed by atoms with van der Waals surface area (Å²) in [6, 6.07) is 8.75. The fourth-order valence-electron chi connectivity index (χ4n) is 3.90. The number of allylic oxidation sites excluding steroid dienone is 2. The van der Waals surface area contributed by atoms with E-state index in [2.05, 4.69) is 63.4 Å². The maximum atomic E-state index is 10.7. The van der Waals surface area contributed by atoms with Crippen LogP contribution in [-0.4, -0.2) is 21.1 Å². The fourth-order valence-corrected chi connectivity index (χ4v) is 4.35. The Balaban J connectivity index is 2.15. The molecule has 1 aromatic rings. The van der Waals surface area contributed by atoms with Crippen LogP contribution in [0.2, 0.25) is 0 Å². The van der Waals surface area contributed by atoms with Gasteiger partial charge in [-0.25, -0.2) is 4.21 Å². The molecule has 4 heteroatoms. The molecule has 0 fully saturated rings. The highest BCUT2D eigenvalue weighted by atomic mass is 32.2. The molecule has 0 spiro atoms. The minimum atomic E-state index is -1.66. The molecule has 2 unspecified atom stereocenters. The van der Waals surface area contributed by atoms with Crippen LogP contribution in [0.1, 0.15) is 58.9 Å². The van der Waals surface area contributed by atoms with Crippen LogP contribution in [0.15, 0.2) is 35.9 Å². The Hall–Kier alpha value is -0.970. The van der Waals surface area contributed by atoms with Crippen LogP contribution in [0.4, 0.5) is 5.69 Å². The summed E-state index contributed by atoms with van der Waals surface area (Å²) in [5, 5.41) is 2.31. The predicted octanol–water partition coefficient (Wildman–Crippen LogP) is 3.91. The van der Waals surface area contributed by atoms with Gasteiger partial charge in [0.05, 0.1) is 6.54 Å². The van der Waals surface area contributed by atoms with E-state index in [0.29, 0.717) is 5.75 Å². The Labute approximate surface area is 149 Å². The molecule has 1 aliphatic rings. The Morgan fingerprint density at radius 1 is 1.21 bits per heavy atom. The summed E-state index contributed by atoms with van der Waals surface area (Å²) >= 11 is -1.66. The summed E-state index contributed by atoms with van der Waals surface area (Å²) in [4.78, 5) is 0. The molecule has 3 N–H and O–H groups in total. The lowest BCUT2D eigenvalue weighted by molar-refractivity contribution is -0.572. The van der Waals surface area contributed by atoms with Gasteiger partial charge in [0.2, 0.25) is 0 Å². The molecule has 1 aliphatic carbocycles. The van der Waals surface area contributed by atoms with Crippen molar-refractivity contribution < 1.29 is 14.1 Å². The van der Waals surface area contributed by atoms with Gasteiger partial charge in [-0.05, 0) is 44.1 Å². The summed E-state index contributed by atoms with van der Waals surface area (Å²) in [5.41, 5.74) is 4.61. The lowest BCUT2D eigenvalue weighted by Crippen LogP contribution is -2.78. The highest BCUT2D eigenvalue weighted by molar-refractivity contribution is 7.79. The van der Waals surface area contributed by atoms with E-state index in [1.165, 1.54) is 16.8 Å². The number of unbranched alkanes of at least 4 members (excludes halogenated alkanes) is 1. The van der Waals surface area contributed by atoms with Gasteiger partial charge in [-0.3, -0.25) is 0 Å². The Bertz CT molecular complexity index is 624. The van der Waals surface area contributed by atoms with Gasteiger partial charge in [0.25, 0.3) is 0 Å². The second-order valence-electron chi connectivity index (χ2n) is 7.96. The van der Waals surface area contributed by atoms with Gasteiger partial charge < -0.3 is 9.87 Å². The van der Waals surface area contributed by atoms with Gasteiger partial charge in [-0.2, -0.15) is 0 Å². The normalized spacial score (nSPS) is 24.5. The zero-order valence-corrected chi connectivity index (χ0v) is 16.3. The minimum Gasteiger partial charge on any atom is -0.314 e. The Morgan fingerprint density at radius 2 is 1.92 bits per heavy atom. The van der Waals surface area contributed by atoms with Gasteiger partial charge in [-0.1, -0.05) is 50.6 Å². The van der Waals surface area contributed by atoms with Crippen molar-refractivity contribution in [3.8, 4) is 0 Å². The zero-order valence-electron chi connectivity index (χ0n) is 15.5. The molecule has 0 aromatic heterocycles. The van der Waals surface area contributed by atoms with Crippen LogP contribution in [0.3, 0.4) is 0 Å². The van der Waals surface area contributed by atoms with Gasteiger partial charge in [0, 0.05) is 16.7 Å². The molecule has 0 saturated heterocycles. The van der Waals surface area contributed by atoms with E-state index < -0.39 is 11.1 Å². The maximum Gasteiger partial charge on any atom is 0.152 e. The van der Waals surface area contributed by atoms with Crippen molar-refractivity contribution in [3.63, 3.8) is 0 Å². The van der Waals surface area contributed by atoms with E-state index in [1.54, 1.807) is 0 Å². The van der Waals surface area contributed by atoms with E-state index >= 15 is 0 Å². The first-order valence-corrected chi connectivity index (χ1v) is 10.2. The van der Waals surface area contributed by atoms with Crippen molar-refractivity contribution in [2.24, 2.45) is 5.41 Å². The summed E-state index contributed by atoms with van der Waals surface area (Å²) in [5.74, 6) is 0.379. The number of para-hydroxylation sites is 1. The predicted molar refractivity (Wildman–Crippen MR) is 102 cm³/mol. The third kappa shape index (κ3) is 4.35. The summed E-state index contributed by atoms with van der Waals surface area (Å²) < 4.78 is 19.6. The molecular weight excluding hydrogens is 318 g/mol. The number of hydrogen-bond donors (Lipinski definition) is 2. The summed E-state index contributed by atoms with van der Waals surface area (Å²) in [6.45, 7) is 10.4. The molecule has 24 heavy (non-hydrogen) atoms. The highest BCUT2D eigenvalue weighted by Crippen LogP contribution is 2.52. The van der Waals surface area contributed by atoms with E-state index in [0.717, 1.165) is 32.2 Å². The van der Waals surface area contributed by atoms with Gasteiger partial charge in [0.1, 0.15) is 5.69 Å². The van der Waals surface area contributed by atoms with Gasteiger partial charge in [-0.15, -0.1) is 0 Å². The van der Waals surface area contributed by atoms with Crippen molar-refractivity contribution in [1.29, 1.82) is 0 Å². The van der Waals surface area contributed by atoms with Gasteiger partial charge in [0.15, 0.2) is 11.1 Å². The molecular formula is C20H32NO2S+. The van der Waals surface area contributed by atoms with Crippen molar-refractivity contribution >= 4 is 16.8 Å². The molecule has 0 aliphatic heterocycles. The quantitative estimate of drug-likeness (QED) is 0.339. The fraction of sp³-hybridized carbons (Fsp3) is 0.600. The smallest absolute Gasteiger partial charge is 0.152 e. The highest BCUT2D eigenvalue weighted by Gasteiger charge is 2.45. The molecule has 2 atom stereocenters. The third-order valence-electron chi connectivity index (χ3n) is 5.77. The molecule has 134 valence electrons. The molecule has 0 radical (unpaired) electrons. The molecule has 0 amide bonds. The first-order valence-electron chi connectivity index (χ1n) is 8.92. The average molecular weight is 351 g/mol. The van der Waals surface area contributed by atoms with E-state index in [1.807, 2.05) is 0 Å². The maximum absolute atomic E-state index is 10.7. The molecule has 0 bridgehead atoms. The molecule has 0 saturated carbocycles. The lowest BCUT2D eigenvalue weighted by Gasteiger charge is -2.47. The Kier molecular flexibility index (Phi) is 6.40. The van der Waals surface area contributed by atoms with Crippen LogP contribution >= 0.6 is 0 Å². The summed E-state index contributed by atoms with van der Waals surface area (Å²) in [6.07, 6.45) is 6.38. The first kappa shape index (κ1) is 19.4. The van der Waals surface area contributed by atoms with Crippen LogP contribution in [0, 0.1) is 5.41 Å². The second kappa shape index (κ2) is 7.94. The largest absolute Gasteiger partial charge is 0.314 e. The van der Waals surface area contributed by atoms with Crippen molar-refractivity contribution in [1.82, 2.24) is 0 Å². The molecule has 0 heterocycles. The number of hydrogen-bond acceptors (Lipinski definition) is 1. The number of nitrogens with two attached hydrogens (primary N) is 1. The minimum absolute atomic E-state index is 0.131. The SMILES string of the molecule is CC1=CCC(C)(c2ccccc2[NH2+]CCCCS(=O)O)C(C)(C)C1. The molecule has 1 aromatic carbocycles. The third-order valence-corrected chi connectivity index (χ3v) is 6.40. The molecule has 3 nitrogen and oxygen atoms in total. The van der Waals surface area contributed by atoms with E-state index in [9.17, 15) is 4.21 Å². The van der Waals surface area contributed by atoms with Crippen molar-refractivity contribution in [2.75, 3.05) is 12.3 Å². The summed E-state index contributed by atoms with van der Waals surface area (Å²) in [7, 11) is 0. The van der Waals surface area contributed by atoms with Crippen LogP contribution in [0.5, 0.6) is 0 Å². The Morgan fingerprint density at radius 3 is 2.58 bits per heavy atom. The number of rotatable bonds is 7. The standard InChI is InChI=1S/C20H31NO2S/c1-16-11-12-20(4,19(2,3)15-16)17-9-5-6-10-18(17)21-13-7-8-14-24(22)23/h5-6,9-11,21H,7-8,12-15H2,1-4H3,(H,22,23)/p+1.